The maximum atomic E-state index is 11.5. The predicted molar refractivity (Wildman–Crippen MR) is 55.4 cm³/mol. The van der Waals surface area contributed by atoms with E-state index >= 15 is 0 Å². The average Bonchev–Trinajstić information content (AvgIpc) is 2.19. The van der Waals surface area contributed by atoms with E-state index in [4.69, 9.17) is 0 Å². The third kappa shape index (κ3) is 3.42. The number of hydrogen-bond donors (Lipinski definition) is 1. The molecular formula is C10H13NOS. The van der Waals surface area contributed by atoms with Crippen LogP contribution in [0.15, 0.2) is 47.5 Å². The minimum atomic E-state index is -1.12. The minimum absolute atomic E-state index is 0.795. The van der Waals surface area contributed by atoms with E-state index in [2.05, 4.69) is 4.72 Å². The van der Waals surface area contributed by atoms with Crippen LogP contribution < -0.4 is 4.72 Å². The minimum Gasteiger partial charge on any atom is -0.308 e. The lowest BCUT2D eigenvalue weighted by atomic mass is 10.4. The molecule has 2 nitrogen and oxygen atoms in total. The van der Waals surface area contributed by atoms with E-state index in [0.29, 0.717) is 0 Å². The molecule has 0 aliphatic heterocycles. The second-order valence-corrected chi connectivity index (χ2v) is 3.75. The Balaban J connectivity index is 2.54. The molecule has 13 heavy (non-hydrogen) atoms. The topological polar surface area (TPSA) is 29.1 Å². The molecule has 0 spiro atoms. The molecule has 0 saturated heterocycles. The van der Waals surface area contributed by atoms with Gasteiger partial charge in [0.05, 0.1) is 4.90 Å². The van der Waals surface area contributed by atoms with Crippen LogP contribution in [0.25, 0.3) is 0 Å². The second kappa shape index (κ2) is 5.54. The van der Waals surface area contributed by atoms with Crippen molar-refractivity contribution in [2.24, 2.45) is 0 Å². The summed E-state index contributed by atoms with van der Waals surface area (Å²) in [5.74, 6) is 0. The summed E-state index contributed by atoms with van der Waals surface area (Å²) >= 11 is 0. The van der Waals surface area contributed by atoms with Gasteiger partial charge in [0.1, 0.15) is 11.0 Å². The van der Waals surface area contributed by atoms with Gasteiger partial charge in [-0.2, -0.15) is 0 Å². The number of rotatable bonds is 4. The van der Waals surface area contributed by atoms with Gasteiger partial charge < -0.3 is 4.72 Å². The van der Waals surface area contributed by atoms with Gasteiger partial charge in [0.15, 0.2) is 0 Å². The molecule has 0 fully saturated rings. The van der Waals surface area contributed by atoms with Crippen molar-refractivity contribution in [1.82, 2.24) is 4.72 Å². The smallest absolute Gasteiger partial charge is 0.149 e. The molecule has 70 valence electrons. The van der Waals surface area contributed by atoms with Crippen molar-refractivity contribution in [2.45, 2.75) is 18.2 Å². The fourth-order valence-corrected chi connectivity index (χ4v) is 1.60. The van der Waals surface area contributed by atoms with E-state index in [0.717, 1.165) is 11.3 Å². The van der Waals surface area contributed by atoms with Gasteiger partial charge in [0, 0.05) is 6.20 Å². The van der Waals surface area contributed by atoms with Gasteiger partial charge in [-0.3, -0.25) is 0 Å². The monoisotopic (exact) mass is 195 g/mol. The molecule has 3 heteroatoms. The Bertz CT molecular complexity index is 295. The zero-order chi connectivity index (χ0) is 9.52. The SMILES string of the molecule is CC/C=C\NS(=O)c1ccccc1. The Kier molecular flexibility index (Phi) is 4.26. The lowest BCUT2D eigenvalue weighted by Crippen LogP contribution is -2.09. The molecule has 0 bridgehead atoms. The van der Waals surface area contributed by atoms with Crippen LogP contribution >= 0.6 is 0 Å². The molecule has 1 unspecified atom stereocenters. The lowest BCUT2D eigenvalue weighted by Gasteiger charge is -1.99. The van der Waals surface area contributed by atoms with Gasteiger partial charge in [0.2, 0.25) is 0 Å². The summed E-state index contributed by atoms with van der Waals surface area (Å²) < 4.78 is 14.3. The molecule has 0 aliphatic carbocycles. The molecule has 1 rings (SSSR count). The first-order valence-electron chi connectivity index (χ1n) is 4.22. The number of nitrogens with one attached hydrogen (secondary N) is 1. The summed E-state index contributed by atoms with van der Waals surface area (Å²) in [7, 11) is -1.12. The van der Waals surface area contributed by atoms with Crippen molar-refractivity contribution in [1.29, 1.82) is 0 Å². The Morgan fingerprint density at radius 2 is 2.08 bits per heavy atom. The van der Waals surface area contributed by atoms with Crippen LogP contribution in [-0.4, -0.2) is 4.21 Å². The summed E-state index contributed by atoms with van der Waals surface area (Å²) in [6, 6.07) is 9.32. The molecule has 0 amide bonds. The van der Waals surface area contributed by atoms with E-state index in [-0.39, 0.29) is 0 Å². The molecule has 0 radical (unpaired) electrons. The molecule has 0 heterocycles. The second-order valence-electron chi connectivity index (χ2n) is 2.51. The highest BCUT2D eigenvalue weighted by Gasteiger charge is 1.97. The van der Waals surface area contributed by atoms with Crippen LogP contribution in [0.1, 0.15) is 13.3 Å². The maximum Gasteiger partial charge on any atom is 0.149 e. The lowest BCUT2D eigenvalue weighted by molar-refractivity contribution is 0.679. The van der Waals surface area contributed by atoms with Crippen LogP contribution in [0.4, 0.5) is 0 Å². The molecule has 1 N–H and O–H groups in total. The summed E-state index contributed by atoms with van der Waals surface area (Å²) in [5, 5.41) is 0. The Labute approximate surface area is 81.3 Å². The Morgan fingerprint density at radius 1 is 1.38 bits per heavy atom. The van der Waals surface area contributed by atoms with E-state index in [9.17, 15) is 4.21 Å². The summed E-state index contributed by atoms with van der Waals surface area (Å²) in [6.07, 6.45) is 4.60. The first-order chi connectivity index (χ1) is 6.34. The van der Waals surface area contributed by atoms with Crippen molar-refractivity contribution >= 4 is 11.0 Å². The molecule has 1 atom stereocenters. The third-order valence-electron chi connectivity index (χ3n) is 1.49. The zero-order valence-electron chi connectivity index (χ0n) is 7.57. The van der Waals surface area contributed by atoms with Crippen LogP contribution in [-0.2, 0) is 11.0 Å². The van der Waals surface area contributed by atoms with Crippen molar-refractivity contribution in [3.8, 4) is 0 Å². The number of hydrogen-bond acceptors (Lipinski definition) is 1. The van der Waals surface area contributed by atoms with E-state index in [1.54, 1.807) is 6.20 Å². The number of allylic oxidation sites excluding steroid dienone is 1. The normalized spacial score (nSPS) is 13.0. The highest BCUT2D eigenvalue weighted by Crippen LogP contribution is 2.02. The van der Waals surface area contributed by atoms with Crippen molar-refractivity contribution < 1.29 is 4.21 Å². The van der Waals surface area contributed by atoms with Gasteiger partial charge in [-0.15, -0.1) is 0 Å². The Hall–Kier alpha value is -1.09. The summed E-state index contributed by atoms with van der Waals surface area (Å²) in [4.78, 5) is 0.795. The highest BCUT2D eigenvalue weighted by atomic mass is 32.2. The fraction of sp³-hybridized carbons (Fsp3) is 0.200. The quantitative estimate of drug-likeness (QED) is 0.784. The van der Waals surface area contributed by atoms with Crippen molar-refractivity contribution in [3.63, 3.8) is 0 Å². The molecular weight excluding hydrogens is 182 g/mol. The molecule has 0 saturated carbocycles. The van der Waals surface area contributed by atoms with Gasteiger partial charge in [-0.05, 0) is 18.6 Å². The van der Waals surface area contributed by atoms with Crippen LogP contribution in [0.3, 0.4) is 0 Å². The van der Waals surface area contributed by atoms with Crippen LogP contribution in [0, 0.1) is 0 Å². The molecule has 1 aromatic carbocycles. The summed E-state index contributed by atoms with van der Waals surface area (Å²) in [6.45, 7) is 2.03. The fourth-order valence-electron chi connectivity index (χ4n) is 0.840. The largest absolute Gasteiger partial charge is 0.308 e. The van der Waals surface area contributed by atoms with Gasteiger partial charge in [-0.1, -0.05) is 31.2 Å². The zero-order valence-corrected chi connectivity index (χ0v) is 8.38. The van der Waals surface area contributed by atoms with Gasteiger partial charge in [0.25, 0.3) is 0 Å². The average molecular weight is 195 g/mol. The highest BCUT2D eigenvalue weighted by molar-refractivity contribution is 7.83. The van der Waals surface area contributed by atoms with Crippen LogP contribution in [0.2, 0.25) is 0 Å². The predicted octanol–water partition coefficient (Wildman–Crippen LogP) is 2.22. The Morgan fingerprint density at radius 3 is 2.69 bits per heavy atom. The summed E-state index contributed by atoms with van der Waals surface area (Å²) in [5.41, 5.74) is 0. The number of benzene rings is 1. The van der Waals surface area contributed by atoms with Gasteiger partial charge >= 0.3 is 0 Å². The van der Waals surface area contributed by atoms with Gasteiger partial charge in [-0.25, -0.2) is 4.21 Å². The van der Waals surface area contributed by atoms with E-state index < -0.39 is 11.0 Å². The molecule has 1 aromatic rings. The molecule has 0 aromatic heterocycles. The maximum absolute atomic E-state index is 11.5. The third-order valence-corrected chi connectivity index (χ3v) is 2.54. The van der Waals surface area contributed by atoms with Crippen LogP contribution in [0.5, 0.6) is 0 Å². The first kappa shape index (κ1) is 9.99. The van der Waals surface area contributed by atoms with Crippen molar-refractivity contribution in [3.05, 3.63) is 42.6 Å². The standard InChI is InChI=1S/C10H13NOS/c1-2-3-9-11-13(12)10-7-5-4-6-8-10/h3-9,11H,2H2,1H3/b9-3-. The first-order valence-corrected chi connectivity index (χ1v) is 5.37. The van der Waals surface area contributed by atoms with E-state index in [1.165, 1.54) is 0 Å². The van der Waals surface area contributed by atoms with Crippen molar-refractivity contribution in [2.75, 3.05) is 0 Å². The molecule has 0 aliphatic rings. The van der Waals surface area contributed by atoms with E-state index in [1.807, 2.05) is 43.3 Å².